The molecule has 2 aromatic heterocycles. The number of aliphatic carboxylic acids is 1. The molecule has 4 heterocycles. The number of nitrogens with zero attached hydrogens (tertiary/aromatic N) is 5. The second kappa shape index (κ2) is 12.5. The number of anilines is 1. The normalized spacial score (nSPS) is 19.5. The van der Waals surface area contributed by atoms with Gasteiger partial charge in [-0.1, -0.05) is 28.5 Å². The number of carboxylic acids is 1. The number of carbonyl (C=O) groups is 2. The van der Waals surface area contributed by atoms with Gasteiger partial charge in [0.15, 0.2) is 9.47 Å². The number of nitrogen functional groups attached to an aromatic ring is 1. The molecule has 1 aromatic carbocycles. The maximum absolute atomic E-state index is 13.0. The number of thiazole rings is 2. The number of alkyl halides is 1. The number of oxime groups is 1. The molecule has 1 amide bonds. The van der Waals surface area contributed by atoms with E-state index in [9.17, 15) is 24.2 Å². The van der Waals surface area contributed by atoms with Crippen LogP contribution in [0.15, 0.2) is 48.7 Å². The SMILES string of the molecule is Nc1nc(/C(=N\OCCF)C([O-])=N[C@@H]2C(=O)N3C(C(=O)O)=C(Sc4nc5cc(Cl)ccc5s4)CC[C@H]23)cs1.[Na+]. The van der Waals surface area contributed by atoms with Crippen molar-refractivity contribution in [2.24, 2.45) is 10.1 Å². The van der Waals surface area contributed by atoms with Crippen LogP contribution in [0.25, 0.3) is 10.2 Å². The van der Waals surface area contributed by atoms with Crippen LogP contribution in [0, 0.1) is 0 Å². The molecule has 0 bridgehead atoms. The first-order valence-corrected chi connectivity index (χ1v) is 13.9. The quantitative estimate of drug-likeness (QED) is 0.0831. The van der Waals surface area contributed by atoms with E-state index in [1.807, 2.05) is 6.07 Å². The molecule has 3 aromatic rings. The second-order valence-corrected chi connectivity index (χ2v) is 11.7. The Balaban J connectivity index is 0.00000353. The fraction of sp³-hybridized carbons (Fsp3) is 0.273. The van der Waals surface area contributed by atoms with Crippen molar-refractivity contribution in [1.29, 1.82) is 0 Å². The maximum atomic E-state index is 13.0. The number of amides is 1. The van der Waals surface area contributed by atoms with Gasteiger partial charge in [-0.05, 0) is 31.0 Å². The Kier molecular flexibility index (Phi) is 9.52. The summed E-state index contributed by atoms with van der Waals surface area (Å²) in [7, 11) is 0. The topological polar surface area (TPSA) is 166 Å². The number of thioether (sulfide) groups is 1. The Bertz CT molecular complexity index is 1530. The third-order valence-corrected chi connectivity index (χ3v) is 8.80. The number of rotatable bonds is 9. The number of allylic oxidation sites excluding steroid dienone is 1. The van der Waals surface area contributed by atoms with Crippen LogP contribution in [0.2, 0.25) is 5.02 Å². The molecule has 0 unspecified atom stereocenters. The molecule has 2 aliphatic rings. The number of hydrogen-bond donors (Lipinski definition) is 2. The van der Waals surface area contributed by atoms with E-state index in [0.29, 0.717) is 32.6 Å². The molecule has 0 aliphatic carbocycles. The van der Waals surface area contributed by atoms with Crippen molar-refractivity contribution in [2.45, 2.75) is 29.3 Å². The zero-order valence-electron chi connectivity index (χ0n) is 20.2. The van der Waals surface area contributed by atoms with E-state index >= 15 is 0 Å². The first-order chi connectivity index (χ1) is 18.3. The Hall–Kier alpha value is -2.27. The van der Waals surface area contributed by atoms with Crippen LogP contribution in [0.4, 0.5) is 9.52 Å². The minimum Gasteiger partial charge on any atom is -0.857 e. The summed E-state index contributed by atoms with van der Waals surface area (Å²) in [5, 5.41) is 28.7. The van der Waals surface area contributed by atoms with Crippen LogP contribution in [0.1, 0.15) is 18.5 Å². The molecule has 1 saturated heterocycles. The summed E-state index contributed by atoms with van der Waals surface area (Å²) in [4.78, 5) is 44.2. The Morgan fingerprint density at radius 3 is 2.90 bits per heavy atom. The zero-order chi connectivity index (χ0) is 27.0. The zero-order valence-corrected chi connectivity index (χ0v) is 25.4. The van der Waals surface area contributed by atoms with Crippen LogP contribution in [-0.4, -0.2) is 68.8 Å². The van der Waals surface area contributed by atoms with Crippen molar-refractivity contribution in [2.75, 3.05) is 19.0 Å². The van der Waals surface area contributed by atoms with Crippen LogP contribution < -0.4 is 40.4 Å². The molecule has 198 valence electrons. The number of β-lactam (4-membered cyclic amide) rings is 1. The number of fused-ring (bicyclic) bond motifs is 2. The molecule has 2 atom stereocenters. The third kappa shape index (κ3) is 6.09. The van der Waals surface area contributed by atoms with Crippen molar-refractivity contribution < 1.29 is 58.6 Å². The molecule has 0 saturated carbocycles. The number of aromatic nitrogens is 2. The Labute approximate surface area is 259 Å². The average Bonchev–Trinajstić information content (AvgIpc) is 3.49. The van der Waals surface area contributed by atoms with E-state index in [1.54, 1.807) is 12.1 Å². The molecule has 3 N–H and O–H groups in total. The van der Waals surface area contributed by atoms with Gasteiger partial charge in [0.25, 0.3) is 5.91 Å². The fourth-order valence-electron chi connectivity index (χ4n) is 4.04. The summed E-state index contributed by atoms with van der Waals surface area (Å²) in [5.41, 5.74) is 5.93. The first kappa shape index (κ1) is 29.7. The van der Waals surface area contributed by atoms with Gasteiger partial charge in [-0.2, -0.15) is 0 Å². The molecule has 39 heavy (non-hydrogen) atoms. The second-order valence-electron chi connectivity index (χ2n) is 8.00. The predicted molar refractivity (Wildman–Crippen MR) is 141 cm³/mol. The fourth-order valence-corrected chi connectivity index (χ4v) is 7.03. The smallest absolute Gasteiger partial charge is 0.857 e. The minimum absolute atomic E-state index is 0. The predicted octanol–water partition coefficient (Wildman–Crippen LogP) is -0.0969. The molecule has 5 rings (SSSR count). The van der Waals surface area contributed by atoms with Crippen LogP contribution >= 0.6 is 46.0 Å². The van der Waals surface area contributed by atoms with Crippen molar-refractivity contribution in [3.63, 3.8) is 0 Å². The number of aliphatic imine (C=N–C) groups is 1. The van der Waals surface area contributed by atoms with Crippen molar-refractivity contribution in [3.8, 4) is 0 Å². The van der Waals surface area contributed by atoms with Gasteiger partial charge in [0.1, 0.15) is 36.4 Å². The van der Waals surface area contributed by atoms with Gasteiger partial charge in [-0.3, -0.25) is 14.7 Å². The molecule has 0 spiro atoms. The van der Waals surface area contributed by atoms with Gasteiger partial charge < -0.3 is 20.8 Å². The number of carboxylic acid groups (broad SMARTS) is 1. The van der Waals surface area contributed by atoms with Crippen molar-refractivity contribution in [1.82, 2.24) is 14.9 Å². The van der Waals surface area contributed by atoms with Crippen LogP contribution in [-0.2, 0) is 14.4 Å². The summed E-state index contributed by atoms with van der Waals surface area (Å²) in [6, 6.07) is 3.59. The van der Waals surface area contributed by atoms with Crippen LogP contribution in [0.3, 0.4) is 0 Å². The third-order valence-electron chi connectivity index (χ3n) is 5.65. The summed E-state index contributed by atoms with van der Waals surface area (Å²) in [5.74, 6) is -2.79. The van der Waals surface area contributed by atoms with Gasteiger partial charge in [-0.25, -0.2) is 19.2 Å². The number of hydrogen-bond acceptors (Lipinski definition) is 12. The van der Waals surface area contributed by atoms with E-state index in [4.69, 9.17) is 22.2 Å². The Morgan fingerprint density at radius 1 is 1.41 bits per heavy atom. The molecular weight excluding hydrogens is 602 g/mol. The number of nitrogens with two attached hydrogens (primary N) is 1. The Morgan fingerprint density at radius 2 is 2.21 bits per heavy atom. The van der Waals surface area contributed by atoms with E-state index < -0.39 is 36.5 Å². The molecular formula is C22H17ClFN6NaO5S3. The van der Waals surface area contributed by atoms with E-state index in [1.165, 1.54) is 28.5 Å². The van der Waals surface area contributed by atoms with Gasteiger partial charge in [0.05, 0.1) is 16.3 Å². The van der Waals surface area contributed by atoms with Gasteiger partial charge in [-0.15, -0.1) is 22.7 Å². The standard InChI is InChI=1S/C22H18ClFN6O5S3.Na/c23-9-1-3-13-10(7-9)27-22(37-13)38-14-4-2-12-16(19(32)30(12)17(14)20(33)34)28-18(31)15(29-35-6-5-24)11-8-36-21(25)26-11;/h1,3,7-8,12,16H,2,4-6H2,(H2,25,26)(H,28,31)(H,33,34);/q;+1/p-1/b29-15+;/t12-,16+;/m1./s1. The van der Waals surface area contributed by atoms with Gasteiger partial charge >= 0.3 is 35.5 Å². The van der Waals surface area contributed by atoms with Crippen LogP contribution in [0.5, 0.6) is 0 Å². The summed E-state index contributed by atoms with van der Waals surface area (Å²) >= 11 is 9.67. The first-order valence-electron chi connectivity index (χ1n) is 11.0. The van der Waals surface area contributed by atoms with Gasteiger partial charge in [0, 0.05) is 21.2 Å². The monoisotopic (exact) mass is 618 g/mol. The van der Waals surface area contributed by atoms with Crippen molar-refractivity contribution in [3.05, 3.63) is 44.9 Å². The number of halogens is 2. The number of benzene rings is 1. The molecule has 17 heteroatoms. The summed E-state index contributed by atoms with van der Waals surface area (Å²) in [6.07, 6.45) is 0.734. The van der Waals surface area contributed by atoms with Gasteiger partial charge in [0.2, 0.25) is 0 Å². The van der Waals surface area contributed by atoms with E-state index in [-0.39, 0.29) is 58.4 Å². The largest absolute Gasteiger partial charge is 1.00 e. The molecule has 2 aliphatic heterocycles. The number of carbonyl (C=O) groups excluding carboxylic acids is 1. The average molecular weight is 619 g/mol. The molecule has 0 radical (unpaired) electrons. The summed E-state index contributed by atoms with van der Waals surface area (Å²) in [6.45, 7) is -1.21. The van der Waals surface area contributed by atoms with E-state index in [2.05, 4.69) is 20.1 Å². The molecule has 11 nitrogen and oxygen atoms in total. The van der Waals surface area contributed by atoms with Crippen molar-refractivity contribution >= 4 is 84.9 Å². The maximum Gasteiger partial charge on any atom is 1.00 e. The van der Waals surface area contributed by atoms with E-state index in [0.717, 1.165) is 20.9 Å². The summed E-state index contributed by atoms with van der Waals surface area (Å²) < 4.78 is 14.0. The minimum atomic E-state index is -1.26. The molecule has 1 fully saturated rings.